The minimum absolute atomic E-state index is 0.00265. The molecule has 0 amide bonds. The molecule has 0 aliphatic heterocycles. The van der Waals surface area contributed by atoms with E-state index in [1.165, 1.54) is 13.2 Å². The second kappa shape index (κ2) is 6.53. The second-order valence-electron chi connectivity index (χ2n) is 6.08. The van der Waals surface area contributed by atoms with Crippen molar-refractivity contribution < 1.29 is 19.4 Å². The standard InChI is InChI=1S/C22H15NO4/c1-27-21-17(20(24)22(25)26)10-11-19(23-21)18-12-13-6-2-3-7-14(13)15-8-4-5-9-16(15)18/h2-12H,1H3,(H,25,26). The van der Waals surface area contributed by atoms with Crippen molar-refractivity contribution in [1.29, 1.82) is 0 Å². The summed E-state index contributed by atoms with van der Waals surface area (Å²) in [6.45, 7) is 0. The van der Waals surface area contributed by atoms with E-state index in [-0.39, 0.29) is 11.4 Å². The van der Waals surface area contributed by atoms with Crippen LogP contribution in [-0.2, 0) is 4.79 Å². The summed E-state index contributed by atoms with van der Waals surface area (Å²) in [4.78, 5) is 27.3. The Balaban J connectivity index is 1.99. The Morgan fingerprint density at radius 2 is 1.56 bits per heavy atom. The Labute approximate surface area is 154 Å². The minimum atomic E-state index is -1.54. The zero-order valence-corrected chi connectivity index (χ0v) is 14.5. The van der Waals surface area contributed by atoms with Gasteiger partial charge >= 0.3 is 5.97 Å². The van der Waals surface area contributed by atoms with Gasteiger partial charge in [-0.05, 0) is 39.7 Å². The average molecular weight is 357 g/mol. The van der Waals surface area contributed by atoms with E-state index in [0.717, 1.165) is 27.1 Å². The van der Waals surface area contributed by atoms with Crippen LogP contribution in [0.15, 0.2) is 66.7 Å². The lowest BCUT2D eigenvalue weighted by Gasteiger charge is -2.12. The van der Waals surface area contributed by atoms with Gasteiger partial charge in [-0.3, -0.25) is 4.79 Å². The van der Waals surface area contributed by atoms with Crippen LogP contribution in [0.1, 0.15) is 10.4 Å². The summed E-state index contributed by atoms with van der Waals surface area (Å²) in [5.74, 6) is -2.59. The van der Waals surface area contributed by atoms with Crippen molar-refractivity contribution in [3.05, 3.63) is 72.3 Å². The van der Waals surface area contributed by atoms with Gasteiger partial charge in [0.25, 0.3) is 5.78 Å². The number of benzene rings is 3. The van der Waals surface area contributed by atoms with Crippen molar-refractivity contribution in [3.63, 3.8) is 0 Å². The first-order valence-corrected chi connectivity index (χ1v) is 8.33. The molecule has 132 valence electrons. The fourth-order valence-electron chi connectivity index (χ4n) is 3.30. The van der Waals surface area contributed by atoms with Crippen molar-refractivity contribution in [2.45, 2.75) is 0 Å². The molecule has 0 atom stereocenters. The summed E-state index contributed by atoms with van der Waals surface area (Å²) in [7, 11) is 1.36. The van der Waals surface area contributed by atoms with E-state index >= 15 is 0 Å². The first-order chi connectivity index (χ1) is 13.1. The number of aliphatic carboxylic acids is 1. The number of rotatable bonds is 4. The third kappa shape index (κ3) is 2.79. The summed E-state index contributed by atoms with van der Waals surface area (Å²) in [5.41, 5.74) is 1.42. The number of nitrogens with zero attached hydrogens (tertiary/aromatic N) is 1. The number of ether oxygens (including phenoxy) is 1. The molecule has 5 heteroatoms. The van der Waals surface area contributed by atoms with Gasteiger partial charge in [0.2, 0.25) is 5.88 Å². The first-order valence-electron chi connectivity index (χ1n) is 8.33. The number of fused-ring (bicyclic) bond motifs is 3. The molecule has 5 nitrogen and oxygen atoms in total. The Bertz CT molecular complexity index is 1210. The molecule has 0 spiro atoms. The number of carbonyl (C=O) groups is 2. The smallest absolute Gasteiger partial charge is 0.377 e. The minimum Gasteiger partial charge on any atom is -0.480 e. The van der Waals surface area contributed by atoms with Crippen LogP contribution in [0.5, 0.6) is 5.88 Å². The number of pyridine rings is 1. The maximum atomic E-state index is 11.8. The third-order valence-electron chi connectivity index (χ3n) is 4.54. The predicted molar refractivity (Wildman–Crippen MR) is 103 cm³/mol. The Hall–Kier alpha value is -3.73. The third-order valence-corrected chi connectivity index (χ3v) is 4.54. The van der Waals surface area contributed by atoms with Crippen molar-refractivity contribution >= 4 is 33.3 Å². The molecular formula is C22H15NO4. The summed E-state index contributed by atoms with van der Waals surface area (Å²) >= 11 is 0. The number of carbonyl (C=O) groups excluding carboxylic acids is 1. The summed E-state index contributed by atoms with van der Waals surface area (Å²) in [6.07, 6.45) is 0. The lowest BCUT2D eigenvalue weighted by Crippen LogP contribution is -2.14. The molecule has 4 rings (SSSR count). The van der Waals surface area contributed by atoms with E-state index in [2.05, 4.69) is 17.1 Å². The molecule has 0 saturated heterocycles. The molecule has 0 fully saturated rings. The lowest BCUT2D eigenvalue weighted by molar-refractivity contribution is -0.131. The van der Waals surface area contributed by atoms with E-state index in [1.54, 1.807) is 6.07 Å². The van der Waals surface area contributed by atoms with Crippen LogP contribution in [0.25, 0.3) is 32.8 Å². The van der Waals surface area contributed by atoms with Gasteiger partial charge in [0.05, 0.1) is 18.4 Å². The normalized spacial score (nSPS) is 10.9. The number of Topliss-reactive ketones (excluding diaryl/α,β-unsaturated/α-hetero) is 1. The fraction of sp³-hybridized carbons (Fsp3) is 0.0455. The van der Waals surface area contributed by atoms with Crippen molar-refractivity contribution in [2.24, 2.45) is 0 Å². The van der Waals surface area contributed by atoms with Crippen LogP contribution < -0.4 is 4.74 Å². The molecule has 0 unspecified atom stereocenters. The molecule has 4 aromatic rings. The van der Waals surface area contributed by atoms with Gasteiger partial charge in [0.1, 0.15) is 0 Å². The molecule has 0 saturated carbocycles. The predicted octanol–water partition coefficient (Wildman–Crippen LogP) is 4.33. The quantitative estimate of drug-likeness (QED) is 0.334. The van der Waals surface area contributed by atoms with Gasteiger partial charge in [-0.25, -0.2) is 9.78 Å². The highest BCUT2D eigenvalue weighted by Gasteiger charge is 2.21. The number of hydrogen-bond donors (Lipinski definition) is 1. The highest BCUT2D eigenvalue weighted by molar-refractivity contribution is 6.40. The van der Waals surface area contributed by atoms with Gasteiger partial charge in [-0.1, -0.05) is 48.5 Å². The Morgan fingerprint density at radius 3 is 2.26 bits per heavy atom. The molecule has 0 bridgehead atoms. The van der Waals surface area contributed by atoms with E-state index in [4.69, 9.17) is 9.84 Å². The van der Waals surface area contributed by atoms with Gasteiger partial charge in [-0.15, -0.1) is 0 Å². The highest BCUT2D eigenvalue weighted by Crippen LogP contribution is 2.35. The number of hydrogen-bond acceptors (Lipinski definition) is 4. The zero-order valence-electron chi connectivity index (χ0n) is 14.5. The number of carboxylic acid groups (broad SMARTS) is 1. The topological polar surface area (TPSA) is 76.5 Å². The molecular weight excluding hydrogens is 342 g/mol. The van der Waals surface area contributed by atoms with Crippen molar-refractivity contribution in [1.82, 2.24) is 4.98 Å². The molecule has 0 aliphatic carbocycles. The molecule has 3 aromatic carbocycles. The van der Waals surface area contributed by atoms with Crippen LogP contribution >= 0.6 is 0 Å². The monoisotopic (exact) mass is 357 g/mol. The van der Waals surface area contributed by atoms with Crippen molar-refractivity contribution in [3.8, 4) is 17.1 Å². The number of methoxy groups -OCH3 is 1. The first kappa shape index (κ1) is 16.7. The van der Waals surface area contributed by atoms with Crippen LogP contribution in [0.3, 0.4) is 0 Å². The van der Waals surface area contributed by atoms with E-state index in [0.29, 0.717) is 5.69 Å². The molecule has 1 heterocycles. The van der Waals surface area contributed by atoms with Crippen LogP contribution in [-0.4, -0.2) is 29.0 Å². The average Bonchev–Trinajstić information content (AvgIpc) is 2.72. The van der Waals surface area contributed by atoms with Crippen LogP contribution in [0.4, 0.5) is 0 Å². The van der Waals surface area contributed by atoms with E-state index in [9.17, 15) is 9.59 Å². The summed E-state index contributed by atoms with van der Waals surface area (Å²) < 4.78 is 5.18. The maximum absolute atomic E-state index is 11.8. The number of aromatic nitrogens is 1. The maximum Gasteiger partial charge on any atom is 0.377 e. The van der Waals surface area contributed by atoms with Crippen molar-refractivity contribution in [2.75, 3.05) is 7.11 Å². The SMILES string of the molecule is COc1nc(-c2cc3ccccc3c3ccccc23)ccc1C(=O)C(=O)O. The van der Waals surface area contributed by atoms with Crippen LogP contribution in [0, 0.1) is 0 Å². The zero-order chi connectivity index (χ0) is 19.0. The van der Waals surface area contributed by atoms with Gasteiger partial charge < -0.3 is 9.84 Å². The number of ketones is 1. The number of carboxylic acids is 1. The Kier molecular flexibility index (Phi) is 4.05. The van der Waals surface area contributed by atoms with Gasteiger partial charge in [0.15, 0.2) is 0 Å². The molecule has 1 aromatic heterocycles. The fourth-order valence-corrected chi connectivity index (χ4v) is 3.30. The molecule has 0 radical (unpaired) electrons. The molecule has 1 N–H and O–H groups in total. The van der Waals surface area contributed by atoms with Gasteiger partial charge in [0, 0.05) is 5.56 Å². The Morgan fingerprint density at radius 1 is 0.889 bits per heavy atom. The lowest BCUT2D eigenvalue weighted by atomic mass is 9.95. The summed E-state index contributed by atoms with van der Waals surface area (Å²) in [6, 6.07) is 21.2. The summed E-state index contributed by atoms with van der Waals surface area (Å²) in [5, 5.41) is 13.3. The highest BCUT2D eigenvalue weighted by atomic mass is 16.5. The van der Waals surface area contributed by atoms with Crippen LogP contribution in [0.2, 0.25) is 0 Å². The molecule has 0 aliphatic rings. The van der Waals surface area contributed by atoms with E-state index in [1.807, 2.05) is 42.5 Å². The largest absolute Gasteiger partial charge is 0.480 e. The molecule has 27 heavy (non-hydrogen) atoms. The van der Waals surface area contributed by atoms with Gasteiger partial charge in [-0.2, -0.15) is 0 Å². The van der Waals surface area contributed by atoms with E-state index < -0.39 is 11.8 Å². The second-order valence-corrected chi connectivity index (χ2v) is 6.08.